The first-order valence-corrected chi connectivity index (χ1v) is 6.63. The van der Waals surface area contributed by atoms with Crippen LogP contribution < -0.4 is 5.32 Å². The summed E-state index contributed by atoms with van der Waals surface area (Å²) < 4.78 is 38.3. The van der Waals surface area contributed by atoms with Crippen LogP contribution in [0.4, 0.5) is 19.0 Å². The molecule has 2 nitrogen and oxygen atoms in total. The predicted octanol–water partition coefficient (Wildman–Crippen LogP) is 4.54. The molecule has 2 aromatic rings. The second-order valence-corrected chi connectivity index (χ2v) is 5.40. The van der Waals surface area contributed by atoms with Gasteiger partial charge in [0, 0.05) is 14.7 Å². The average molecular weight is 337 g/mol. The van der Waals surface area contributed by atoms with E-state index in [0.717, 1.165) is 15.4 Å². The van der Waals surface area contributed by atoms with Crippen LogP contribution in [0, 0.1) is 0 Å². The number of aromatic nitrogens is 1. The number of hydrogen-bond acceptors (Lipinski definition) is 3. The van der Waals surface area contributed by atoms with E-state index in [0.29, 0.717) is 6.54 Å². The van der Waals surface area contributed by atoms with Gasteiger partial charge in [-0.1, -0.05) is 6.07 Å². The minimum absolute atomic E-state index is 0.217. The first-order chi connectivity index (χ1) is 8.45. The molecule has 0 radical (unpaired) electrons. The van der Waals surface area contributed by atoms with Gasteiger partial charge in [-0.05, 0) is 34.1 Å². The number of alkyl halides is 3. The van der Waals surface area contributed by atoms with Crippen LogP contribution in [0.1, 0.15) is 10.6 Å². The molecule has 96 valence electrons. The highest BCUT2D eigenvalue weighted by atomic mass is 79.9. The first kappa shape index (κ1) is 13.4. The smallest absolute Gasteiger partial charge is 0.365 e. The molecule has 2 heterocycles. The van der Waals surface area contributed by atoms with Crippen LogP contribution in [-0.4, -0.2) is 4.98 Å². The summed E-state index contributed by atoms with van der Waals surface area (Å²) in [6, 6.07) is 5.71. The zero-order chi connectivity index (χ0) is 13.2. The summed E-state index contributed by atoms with van der Waals surface area (Å²) in [5.74, 6) is 0.217. The number of thiophene rings is 1. The lowest BCUT2D eigenvalue weighted by Gasteiger charge is -2.08. The number of anilines is 1. The van der Waals surface area contributed by atoms with Gasteiger partial charge in [-0.2, -0.15) is 13.2 Å². The molecule has 0 atom stereocenters. The Labute approximate surface area is 114 Å². The predicted molar refractivity (Wildman–Crippen MR) is 68.6 cm³/mol. The van der Waals surface area contributed by atoms with E-state index >= 15 is 0 Å². The fourth-order valence-electron chi connectivity index (χ4n) is 1.32. The van der Waals surface area contributed by atoms with Crippen LogP contribution in [0.5, 0.6) is 0 Å². The van der Waals surface area contributed by atoms with Crippen molar-refractivity contribution in [1.82, 2.24) is 4.98 Å². The molecular weight excluding hydrogens is 329 g/mol. The maximum absolute atomic E-state index is 12.4. The maximum atomic E-state index is 12.4. The third-order valence-electron chi connectivity index (χ3n) is 2.11. The zero-order valence-corrected chi connectivity index (χ0v) is 11.4. The third kappa shape index (κ3) is 3.46. The molecule has 7 heteroatoms. The molecule has 0 aliphatic heterocycles. The van der Waals surface area contributed by atoms with Gasteiger partial charge in [-0.3, -0.25) is 0 Å². The lowest BCUT2D eigenvalue weighted by molar-refractivity contribution is -0.141. The van der Waals surface area contributed by atoms with E-state index < -0.39 is 11.9 Å². The summed E-state index contributed by atoms with van der Waals surface area (Å²) in [4.78, 5) is 4.54. The third-order valence-corrected chi connectivity index (χ3v) is 3.80. The Hall–Kier alpha value is -1.08. The summed E-state index contributed by atoms with van der Waals surface area (Å²) in [6.45, 7) is 0.449. The fourth-order valence-corrected chi connectivity index (χ4v) is 2.71. The summed E-state index contributed by atoms with van der Waals surface area (Å²) in [5, 5.41) is 4.78. The van der Waals surface area contributed by atoms with Gasteiger partial charge >= 0.3 is 6.18 Å². The molecule has 1 N–H and O–H groups in total. The van der Waals surface area contributed by atoms with Crippen molar-refractivity contribution in [2.75, 3.05) is 5.32 Å². The van der Waals surface area contributed by atoms with Crippen molar-refractivity contribution in [1.29, 1.82) is 0 Å². The van der Waals surface area contributed by atoms with E-state index in [4.69, 9.17) is 0 Å². The van der Waals surface area contributed by atoms with Crippen molar-refractivity contribution >= 4 is 33.1 Å². The van der Waals surface area contributed by atoms with Gasteiger partial charge < -0.3 is 5.32 Å². The molecular formula is C11H8BrF3N2S. The van der Waals surface area contributed by atoms with Crippen LogP contribution in [0.3, 0.4) is 0 Å². The van der Waals surface area contributed by atoms with E-state index in [2.05, 4.69) is 26.2 Å². The Bertz CT molecular complexity index is 539. The average Bonchev–Trinajstić information content (AvgIpc) is 2.72. The SMILES string of the molecule is FC(F)(F)c1cccc(NCc2cc(Br)cs2)n1. The summed E-state index contributed by atoms with van der Waals surface area (Å²) in [6.07, 6.45) is -4.41. The summed E-state index contributed by atoms with van der Waals surface area (Å²) in [7, 11) is 0. The quantitative estimate of drug-likeness (QED) is 0.890. The van der Waals surface area contributed by atoms with Gasteiger partial charge in [0.15, 0.2) is 0 Å². The zero-order valence-electron chi connectivity index (χ0n) is 8.96. The number of nitrogens with zero attached hydrogens (tertiary/aromatic N) is 1. The van der Waals surface area contributed by atoms with Gasteiger partial charge in [0.05, 0.1) is 6.54 Å². The minimum Gasteiger partial charge on any atom is -0.365 e. The normalized spacial score (nSPS) is 11.6. The number of nitrogens with one attached hydrogen (secondary N) is 1. The van der Waals surface area contributed by atoms with Crippen LogP contribution in [-0.2, 0) is 12.7 Å². The lowest BCUT2D eigenvalue weighted by Crippen LogP contribution is -2.09. The molecule has 0 unspecified atom stereocenters. The Morgan fingerprint density at radius 2 is 2.11 bits per heavy atom. The molecule has 0 amide bonds. The van der Waals surface area contributed by atoms with Crippen molar-refractivity contribution in [2.45, 2.75) is 12.7 Å². The Morgan fingerprint density at radius 3 is 2.72 bits per heavy atom. The monoisotopic (exact) mass is 336 g/mol. The highest BCUT2D eigenvalue weighted by molar-refractivity contribution is 9.10. The molecule has 0 aromatic carbocycles. The van der Waals surface area contributed by atoms with E-state index in [-0.39, 0.29) is 5.82 Å². The van der Waals surface area contributed by atoms with Crippen LogP contribution >= 0.6 is 27.3 Å². The van der Waals surface area contributed by atoms with Crippen LogP contribution in [0.25, 0.3) is 0 Å². The largest absolute Gasteiger partial charge is 0.433 e. The van der Waals surface area contributed by atoms with Gasteiger partial charge in [0.1, 0.15) is 11.5 Å². The van der Waals surface area contributed by atoms with Gasteiger partial charge in [-0.25, -0.2) is 4.98 Å². The molecule has 0 saturated carbocycles. The van der Waals surface area contributed by atoms with E-state index in [1.807, 2.05) is 11.4 Å². The Kier molecular flexibility index (Phi) is 3.91. The number of pyridine rings is 1. The molecule has 0 saturated heterocycles. The molecule has 0 aliphatic carbocycles. The standard InChI is InChI=1S/C11H8BrF3N2S/c12-7-4-8(18-6-7)5-16-10-3-1-2-9(17-10)11(13,14)15/h1-4,6H,5H2,(H,16,17). The highest BCUT2D eigenvalue weighted by Gasteiger charge is 2.32. The second kappa shape index (κ2) is 5.27. The molecule has 0 fully saturated rings. The number of hydrogen-bond donors (Lipinski definition) is 1. The van der Waals surface area contributed by atoms with E-state index in [1.54, 1.807) is 0 Å². The maximum Gasteiger partial charge on any atom is 0.433 e. The molecule has 0 spiro atoms. The molecule has 0 bridgehead atoms. The first-order valence-electron chi connectivity index (χ1n) is 4.96. The van der Waals surface area contributed by atoms with Crippen molar-refractivity contribution in [2.24, 2.45) is 0 Å². The number of halogens is 4. The molecule has 0 aliphatic rings. The van der Waals surface area contributed by atoms with Crippen molar-refractivity contribution < 1.29 is 13.2 Å². The lowest BCUT2D eigenvalue weighted by atomic mass is 10.3. The van der Waals surface area contributed by atoms with E-state index in [1.165, 1.54) is 23.5 Å². The summed E-state index contributed by atoms with van der Waals surface area (Å²) >= 11 is 4.83. The Balaban J connectivity index is 2.06. The topological polar surface area (TPSA) is 24.9 Å². The van der Waals surface area contributed by atoms with Crippen molar-refractivity contribution in [3.8, 4) is 0 Å². The van der Waals surface area contributed by atoms with Gasteiger partial charge in [0.25, 0.3) is 0 Å². The van der Waals surface area contributed by atoms with Gasteiger partial charge in [-0.15, -0.1) is 11.3 Å². The Morgan fingerprint density at radius 1 is 1.33 bits per heavy atom. The molecule has 18 heavy (non-hydrogen) atoms. The second-order valence-electron chi connectivity index (χ2n) is 3.49. The molecule has 2 aromatic heterocycles. The van der Waals surface area contributed by atoms with Crippen molar-refractivity contribution in [3.05, 3.63) is 44.7 Å². The summed E-state index contributed by atoms with van der Waals surface area (Å²) in [5.41, 5.74) is -0.889. The number of rotatable bonds is 3. The molecule has 2 rings (SSSR count). The van der Waals surface area contributed by atoms with Gasteiger partial charge in [0.2, 0.25) is 0 Å². The van der Waals surface area contributed by atoms with Crippen molar-refractivity contribution in [3.63, 3.8) is 0 Å². The minimum atomic E-state index is -4.41. The van der Waals surface area contributed by atoms with Crippen LogP contribution in [0.15, 0.2) is 34.1 Å². The van der Waals surface area contributed by atoms with Crippen LogP contribution in [0.2, 0.25) is 0 Å². The fraction of sp³-hybridized carbons (Fsp3) is 0.182. The van der Waals surface area contributed by atoms with E-state index in [9.17, 15) is 13.2 Å². The highest BCUT2D eigenvalue weighted by Crippen LogP contribution is 2.28.